The normalized spacial score (nSPS) is 13.2. The molecule has 40 heavy (non-hydrogen) atoms. The number of pyridine rings is 1. The van der Waals surface area contributed by atoms with Crippen molar-refractivity contribution in [3.05, 3.63) is 55.4 Å². The number of rotatable bonds is 14. The molecule has 1 atom stereocenters. The molecule has 1 unspecified atom stereocenters. The third-order valence-electron chi connectivity index (χ3n) is 6.88. The van der Waals surface area contributed by atoms with Crippen LogP contribution in [0.2, 0.25) is 0 Å². The van der Waals surface area contributed by atoms with E-state index in [9.17, 15) is 9.59 Å². The number of nitrogens with one attached hydrogen (secondary N) is 1. The molecule has 216 valence electrons. The van der Waals surface area contributed by atoms with E-state index in [-0.39, 0.29) is 30.9 Å². The highest BCUT2D eigenvalue weighted by molar-refractivity contribution is 5.87. The maximum Gasteiger partial charge on any atom is 0.223 e. The summed E-state index contributed by atoms with van der Waals surface area (Å²) < 4.78 is 13.4. The first-order valence-electron chi connectivity index (χ1n) is 14.1. The highest BCUT2D eigenvalue weighted by atomic mass is 16.5. The van der Waals surface area contributed by atoms with Crippen LogP contribution in [0.4, 0.5) is 0 Å². The van der Waals surface area contributed by atoms with Crippen molar-refractivity contribution in [2.24, 2.45) is 5.92 Å². The Bertz CT molecular complexity index is 1270. The quantitative estimate of drug-likeness (QED) is 0.218. The van der Waals surface area contributed by atoms with E-state index >= 15 is 0 Å². The molecule has 0 saturated heterocycles. The van der Waals surface area contributed by atoms with Gasteiger partial charge in [0.05, 0.1) is 24.9 Å². The lowest BCUT2D eigenvalue weighted by Gasteiger charge is -2.22. The lowest BCUT2D eigenvalue weighted by Crippen LogP contribution is -2.37. The van der Waals surface area contributed by atoms with Gasteiger partial charge in [0.25, 0.3) is 0 Å². The monoisotopic (exact) mass is 549 g/mol. The van der Waals surface area contributed by atoms with Crippen LogP contribution >= 0.6 is 0 Å². The second kappa shape index (κ2) is 15.1. The zero-order valence-electron chi connectivity index (χ0n) is 24.3. The van der Waals surface area contributed by atoms with Gasteiger partial charge in [0.2, 0.25) is 11.8 Å². The van der Waals surface area contributed by atoms with Crippen LogP contribution in [0.5, 0.6) is 11.5 Å². The van der Waals surface area contributed by atoms with Gasteiger partial charge < -0.3 is 19.7 Å². The number of nitrogens with zero attached hydrogens (tertiary/aromatic N) is 4. The third kappa shape index (κ3) is 8.56. The summed E-state index contributed by atoms with van der Waals surface area (Å²) in [5, 5.41) is 8.40. The number of benzene rings is 1. The highest BCUT2D eigenvalue weighted by Crippen LogP contribution is 2.30. The molecule has 0 spiro atoms. The molecule has 2 aromatic heterocycles. The van der Waals surface area contributed by atoms with E-state index in [0.29, 0.717) is 30.3 Å². The first-order valence-corrected chi connectivity index (χ1v) is 14.1. The maximum absolute atomic E-state index is 13.0. The SMILES string of the molecule is C=C.CCCCCN(C)C(=O)CC(CCOc1cc(-n2ccc(C)n2)nc2cc(OC)ccc12)C(=O)NC1CC1. The first kappa shape index (κ1) is 30.7. The maximum atomic E-state index is 13.0. The molecule has 9 nitrogen and oxygen atoms in total. The van der Waals surface area contributed by atoms with Crippen molar-refractivity contribution in [2.75, 3.05) is 27.3 Å². The Balaban J connectivity index is 0.00000216. The van der Waals surface area contributed by atoms with Gasteiger partial charge in [-0.15, -0.1) is 13.2 Å². The summed E-state index contributed by atoms with van der Waals surface area (Å²) in [6.45, 7) is 11.1. The number of fused-ring (bicyclic) bond motifs is 1. The first-order chi connectivity index (χ1) is 19.4. The van der Waals surface area contributed by atoms with Crippen molar-refractivity contribution in [2.45, 2.75) is 64.8 Å². The number of methoxy groups -OCH3 is 1. The summed E-state index contributed by atoms with van der Waals surface area (Å²) in [6.07, 6.45) is 7.63. The summed E-state index contributed by atoms with van der Waals surface area (Å²) in [5.74, 6) is 1.45. The zero-order valence-corrected chi connectivity index (χ0v) is 24.3. The minimum absolute atomic E-state index is 0.00477. The number of carbonyl (C=O) groups is 2. The topological polar surface area (TPSA) is 98.6 Å². The Morgan fingerprint density at radius 2 is 1.98 bits per heavy atom. The number of amides is 2. The lowest BCUT2D eigenvalue weighted by atomic mass is 9.99. The molecule has 1 aliphatic carbocycles. The van der Waals surface area contributed by atoms with E-state index in [1.807, 2.05) is 50.5 Å². The minimum Gasteiger partial charge on any atom is -0.497 e. The van der Waals surface area contributed by atoms with E-state index in [1.165, 1.54) is 0 Å². The number of hydrogen-bond acceptors (Lipinski definition) is 6. The molecule has 1 aromatic carbocycles. The fourth-order valence-electron chi connectivity index (χ4n) is 4.34. The predicted molar refractivity (Wildman–Crippen MR) is 158 cm³/mol. The van der Waals surface area contributed by atoms with Gasteiger partial charge in [0.1, 0.15) is 11.5 Å². The molecular weight excluding hydrogens is 506 g/mol. The zero-order chi connectivity index (χ0) is 29.1. The fourth-order valence-corrected chi connectivity index (χ4v) is 4.34. The number of hydrogen-bond donors (Lipinski definition) is 1. The molecule has 1 fully saturated rings. The Morgan fingerprint density at radius 3 is 2.62 bits per heavy atom. The summed E-state index contributed by atoms with van der Waals surface area (Å²) in [4.78, 5) is 32.4. The molecule has 0 bridgehead atoms. The Kier molecular flexibility index (Phi) is 11.5. The third-order valence-corrected chi connectivity index (χ3v) is 6.88. The van der Waals surface area contributed by atoms with E-state index in [1.54, 1.807) is 16.7 Å². The van der Waals surface area contributed by atoms with Crippen LogP contribution in [-0.4, -0.2) is 64.8 Å². The Morgan fingerprint density at radius 1 is 1.20 bits per heavy atom. The number of carbonyl (C=O) groups excluding carboxylic acids is 2. The van der Waals surface area contributed by atoms with Crippen LogP contribution in [0.1, 0.15) is 57.6 Å². The molecule has 9 heteroatoms. The van der Waals surface area contributed by atoms with Crippen LogP contribution in [0.15, 0.2) is 49.7 Å². The van der Waals surface area contributed by atoms with Gasteiger partial charge in [0, 0.05) is 55.7 Å². The molecule has 0 radical (unpaired) electrons. The van der Waals surface area contributed by atoms with Crippen LogP contribution in [0, 0.1) is 12.8 Å². The van der Waals surface area contributed by atoms with Gasteiger partial charge in [-0.3, -0.25) is 9.59 Å². The molecule has 1 N–H and O–H groups in total. The van der Waals surface area contributed by atoms with Crippen LogP contribution in [-0.2, 0) is 9.59 Å². The van der Waals surface area contributed by atoms with E-state index in [0.717, 1.165) is 48.7 Å². The van der Waals surface area contributed by atoms with E-state index < -0.39 is 5.92 Å². The van der Waals surface area contributed by atoms with Crippen molar-refractivity contribution < 1.29 is 19.1 Å². The van der Waals surface area contributed by atoms with E-state index in [2.05, 4.69) is 30.5 Å². The fraction of sp³-hybridized carbons (Fsp3) is 0.484. The standard InChI is InChI=1S/C29H39N5O4.C2H4/c1-5-6-7-14-33(3)28(35)17-21(29(36)30-22-8-9-22)13-16-38-26-19-27(34-15-12-20(2)32-34)31-25-18-23(37-4)10-11-24(25)26;1-2/h10-12,15,18-19,21-22H,5-9,13-14,16-17H2,1-4H3,(H,30,36);1-2H2. The van der Waals surface area contributed by atoms with Crippen molar-refractivity contribution in [1.82, 2.24) is 25.0 Å². The van der Waals surface area contributed by atoms with Gasteiger partial charge in [0.15, 0.2) is 5.82 Å². The molecule has 4 rings (SSSR count). The van der Waals surface area contributed by atoms with Crippen molar-refractivity contribution >= 4 is 22.7 Å². The number of aromatic nitrogens is 3. The van der Waals surface area contributed by atoms with Gasteiger partial charge in [-0.2, -0.15) is 5.10 Å². The molecule has 0 aliphatic heterocycles. The van der Waals surface area contributed by atoms with E-state index in [4.69, 9.17) is 14.5 Å². The predicted octanol–water partition coefficient (Wildman–Crippen LogP) is 5.24. The van der Waals surface area contributed by atoms with Crippen molar-refractivity contribution in [1.29, 1.82) is 0 Å². The molecule has 1 aliphatic rings. The summed E-state index contributed by atoms with van der Waals surface area (Å²) >= 11 is 0. The van der Waals surface area contributed by atoms with Crippen LogP contribution < -0.4 is 14.8 Å². The number of unbranched alkanes of at least 4 members (excludes halogenated alkanes) is 2. The van der Waals surface area contributed by atoms with Crippen molar-refractivity contribution in [3.8, 4) is 17.3 Å². The van der Waals surface area contributed by atoms with Crippen LogP contribution in [0.25, 0.3) is 16.7 Å². The lowest BCUT2D eigenvalue weighted by molar-refractivity contribution is -0.135. The Hall–Kier alpha value is -3.88. The minimum atomic E-state index is -0.446. The summed E-state index contributed by atoms with van der Waals surface area (Å²) in [5.41, 5.74) is 1.60. The van der Waals surface area contributed by atoms with Gasteiger partial charge in [-0.25, -0.2) is 9.67 Å². The molecular formula is C31H43N5O4. The molecule has 1 saturated carbocycles. The largest absolute Gasteiger partial charge is 0.497 e. The molecule has 2 amide bonds. The summed E-state index contributed by atoms with van der Waals surface area (Å²) in [7, 11) is 3.44. The van der Waals surface area contributed by atoms with Gasteiger partial charge in [-0.05, 0) is 50.8 Å². The van der Waals surface area contributed by atoms with Crippen LogP contribution in [0.3, 0.4) is 0 Å². The Labute approximate surface area is 237 Å². The average Bonchev–Trinajstić information content (AvgIpc) is 3.68. The van der Waals surface area contributed by atoms with Crippen molar-refractivity contribution in [3.63, 3.8) is 0 Å². The summed E-state index contributed by atoms with van der Waals surface area (Å²) in [6, 6.07) is 9.65. The average molecular weight is 550 g/mol. The molecule has 2 heterocycles. The number of aryl methyl sites for hydroxylation is 1. The molecule has 3 aromatic rings. The second-order valence-electron chi connectivity index (χ2n) is 10.1. The smallest absolute Gasteiger partial charge is 0.223 e. The second-order valence-corrected chi connectivity index (χ2v) is 10.1. The van der Waals surface area contributed by atoms with Gasteiger partial charge >= 0.3 is 0 Å². The highest BCUT2D eigenvalue weighted by Gasteiger charge is 2.29. The number of ether oxygens (including phenoxy) is 2. The van der Waals surface area contributed by atoms with Gasteiger partial charge in [-0.1, -0.05) is 19.8 Å².